The molecule has 0 bridgehead atoms. The summed E-state index contributed by atoms with van der Waals surface area (Å²) in [7, 11) is 2.17. The molecule has 0 amide bonds. The molecule has 9 heteroatoms. The van der Waals surface area contributed by atoms with Crippen molar-refractivity contribution in [1.29, 1.82) is 0 Å². The maximum absolute atomic E-state index is 6.25. The van der Waals surface area contributed by atoms with Crippen LogP contribution in [0.3, 0.4) is 0 Å². The summed E-state index contributed by atoms with van der Waals surface area (Å²) >= 11 is 0. The number of pyridine rings is 2. The Balaban J connectivity index is 1.22. The fourth-order valence-corrected chi connectivity index (χ4v) is 5.58. The number of fused-ring (bicyclic) bond motifs is 2. The first-order chi connectivity index (χ1) is 18.7. The second-order valence-corrected chi connectivity index (χ2v) is 10.4. The molecular weight excluding hydrogens is 476 g/mol. The minimum atomic E-state index is 0.239. The molecule has 2 aliphatic heterocycles. The molecule has 38 heavy (non-hydrogen) atoms. The number of ether oxygens (including phenoxy) is 1. The van der Waals surface area contributed by atoms with Gasteiger partial charge in [0, 0.05) is 54.9 Å². The summed E-state index contributed by atoms with van der Waals surface area (Å²) in [5.74, 6) is 1.86. The van der Waals surface area contributed by atoms with E-state index in [1.807, 2.05) is 24.7 Å². The van der Waals surface area contributed by atoms with Crippen LogP contribution in [0, 0.1) is 0 Å². The van der Waals surface area contributed by atoms with Gasteiger partial charge in [-0.2, -0.15) is 5.10 Å². The summed E-state index contributed by atoms with van der Waals surface area (Å²) in [4.78, 5) is 17.6. The van der Waals surface area contributed by atoms with E-state index in [-0.39, 0.29) is 6.10 Å². The number of H-pyrrole nitrogens is 2. The Labute approximate surface area is 221 Å². The number of aromatic amines is 2. The van der Waals surface area contributed by atoms with Crippen molar-refractivity contribution >= 4 is 27.6 Å². The Hall–Kier alpha value is -3.95. The van der Waals surface area contributed by atoms with E-state index in [2.05, 4.69) is 67.6 Å². The van der Waals surface area contributed by atoms with E-state index < -0.39 is 0 Å². The highest BCUT2D eigenvalue weighted by Crippen LogP contribution is 2.34. The van der Waals surface area contributed by atoms with Crippen molar-refractivity contribution in [2.75, 3.05) is 51.2 Å². The molecular formula is C29H32N8O. The molecule has 6 heterocycles. The fraction of sp³-hybridized carbons (Fsp3) is 0.345. The third kappa shape index (κ3) is 4.37. The zero-order chi connectivity index (χ0) is 25.5. The third-order valence-electron chi connectivity index (χ3n) is 7.78. The van der Waals surface area contributed by atoms with E-state index in [0.29, 0.717) is 0 Å². The van der Waals surface area contributed by atoms with Gasteiger partial charge in [0.1, 0.15) is 23.4 Å². The molecule has 2 aliphatic rings. The number of hydrogen-bond donors (Lipinski definition) is 3. The number of benzene rings is 1. The van der Waals surface area contributed by atoms with Crippen LogP contribution in [0.1, 0.15) is 12.8 Å². The second kappa shape index (κ2) is 9.74. The molecule has 7 rings (SSSR count). The molecule has 0 saturated carbocycles. The van der Waals surface area contributed by atoms with Crippen molar-refractivity contribution in [1.82, 2.24) is 35.4 Å². The molecule has 2 fully saturated rings. The quantitative estimate of drug-likeness (QED) is 0.329. The van der Waals surface area contributed by atoms with Gasteiger partial charge in [0.2, 0.25) is 0 Å². The van der Waals surface area contributed by atoms with Crippen molar-refractivity contribution in [3.63, 3.8) is 0 Å². The summed E-state index contributed by atoms with van der Waals surface area (Å²) in [5, 5.41) is 13.5. The maximum Gasteiger partial charge on any atom is 0.138 e. The summed E-state index contributed by atoms with van der Waals surface area (Å²) in [5.41, 5.74) is 6.06. The lowest BCUT2D eigenvalue weighted by Crippen LogP contribution is -2.44. The van der Waals surface area contributed by atoms with Crippen LogP contribution in [-0.2, 0) is 0 Å². The summed E-state index contributed by atoms with van der Waals surface area (Å²) in [6.45, 7) is 6.04. The Morgan fingerprint density at radius 2 is 1.76 bits per heavy atom. The summed E-state index contributed by atoms with van der Waals surface area (Å²) < 4.78 is 6.25. The first kappa shape index (κ1) is 23.2. The van der Waals surface area contributed by atoms with Gasteiger partial charge in [-0.1, -0.05) is 6.07 Å². The molecule has 0 radical (unpaired) electrons. The van der Waals surface area contributed by atoms with Gasteiger partial charge >= 0.3 is 0 Å². The van der Waals surface area contributed by atoms with E-state index in [1.54, 1.807) is 0 Å². The third-order valence-corrected chi connectivity index (χ3v) is 7.78. The minimum Gasteiger partial charge on any atom is -0.489 e. The van der Waals surface area contributed by atoms with Gasteiger partial charge in [0.25, 0.3) is 0 Å². The van der Waals surface area contributed by atoms with Gasteiger partial charge in [-0.15, -0.1) is 0 Å². The van der Waals surface area contributed by atoms with Crippen LogP contribution in [0.2, 0.25) is 0 Å². The molecule has 9 nitrogen and oxygen atoms in total. The van der Waals surface area contributed by atoms with Gasteiger partial charge in [0.05, 0.1) is 22.9 Å². The van der Waals surface area contributed by atoms with Crippen LogP contribution in [0.15, 0.2) is 55.0 Å². The van der Waals surface area contributed by atoms with Gasteiger partial charge in [0.15, 0.2) is 0 Å². The Morgan fingerprint density at radius 1 is 0.895 bits per heavy atom. The number of hydrogen-bond acceptors (Lipinski definition) is 7. The van der Waals surface area contributed by atoms with Crippen molar-refractivity contribution in [3.8, 4) is 28.3 Å². The molecule has 3 N–H and O–H groups in total. The maximum atomic E-state index is 6.25. The fourth-order valence-electron chi connectivity index (χ4n) is 5.58. The van der Waals surface area contributed by atoms with E-state index in [1.165, 1.54) is 0 Å². The topological polar surface area (TPSA) is 98.0 Å². The van der Waals surface area contributed by atoms with Crippen LogP contribution in [-0.4, -0.2) is 82.5 Å². The first-order valence-electron chi connectivity index (χ1n) is 13.4. The summed E-state index contributed by atoms with van der Waals surface area (Å²) in [6, 6.07) is 12.7. The van der Waals surface area contributed by atoms with Gasteiger partial charge in [-0.3, -0.25) is 10.1 Å². The number of piperazine rings is 1. The van der Waals surface area contributed by atoms with Gasteiger partial charge in [-0.25, -0.2) is 4.98 Å². The largest absolute Gasteiger partial charge is 0.489 e. The zero-order valence-electron chi connectivity index (χ0n) is 21.6. The molecule has 194 valence electrons. The molecule has 0 spiro atoms. The van der Waals surface area contributed by atoms with Crippen LogP contribution in [0.4, 0.5) is 5.82 Å². The first-order valence-corrected chi connectivity index (χ1v) is 13.4. The molecule has 0 unspecified atom stereocenters. The van der Waals surface area contributed by atoms with E-state index in [4.69, 9.17) is 14.8 Å². The Kier molecular flexibility index (Phi) is 5.94. The Morgan fingerprint density at radius 3 is 2.63 bits per heavy atom. The number of likely N-dealkylation sites (N-methyl/N-ethyl adjacent to an activating group) is 1. The Bertz CT molecular complexity index is 1580. The van der Waals surface area contributed by atoms with Crippen molar-refractivity contribution in [2.45, 2.75) is 18.9 Å². The minimum absolute atomic E-state index is 0.239. The van der Waals surface area contributed by atoms with Crippen LogP contribution < -0.4 is 15.0 Å². The molecule has 0 atom stereocenters. The smallest absolute Gasteiger partial charge is 0.138 e. The predicted octanol–water partition coefficient (Wildman–Crippen LogP) is 4.05. The number of piperidine rings is 1. The lowest BCUT2D eigenvalue weighted by atomic mass is 10.0. The average Bonchev–Trinajstić information content (AvgIpc) is 3.58. The highest BCUT2D eigenvalue weighted by atomic mass is 16.5. The van der Waals surface area contributed by atoms with E-state index >= 15 is 0 Å². The number of anilines is 1. The van der Waals surface area contributed by atoms with Crippen molar-refractivity contribution < 1.29 is 4.74 Å². The zero-order valence-corrected chi connectivity index (χ0v) is 21.6. The summed E-state index contributed by atoms with van der Waals surface area (Å²) in [6.07, 6.45) is 7.87. The predicted molar refractivity (Wildman–Crippen MR) is 151 cm³/mol. The standard InChI is InChI=1S/C29H32N8O/c1-36-10-12-37(13-11-36)29-24-16-27(33-25(24)6-9-32-29)28-23-15-19(2-3-26(23)34-35-28)20-14-22(18-31-17-20)38-21-4-7-30-8-5-21/h2-3,6,9,14-18,21,30,33H,4-5,7-8,10-13H2,1H3,(H,34,35). The highest BCUT2D eigenvalue weighted by Gasteiger charge is 2.20. The number of nitrogens with zero attached hydrogens (tertiary/aromatic N) is 5. The second-order valence-electron chi connectivity index (χ2n) is 10.4. The van der Waals surface area contributed by atoms with Crippen LogP contribution in [0.25, 0.3) is 44.3 Å². The van der Waals surface area contributed by atoms with Crippen LogP contribution in [0.5, 0.6) is 5.75 Å². The van der Waals surface area contributed by atoms with Crippen LogP contribution >= 0.6 is 0 Å². The number of rotatable bonds is 5. The van der Waals surface area contributed by atoms with Gasteiger partial charge in [-0.05, 0) is 68.9 Å². The molecule has 5 aromatic rings. The lowest BCUT2D eigenvalue weighted by molar-refractivity contribution is 0.162. The molecule has 4 aromatic heterocycles. The van der Waals surface area contributed by atoms with Crippen molar-refractivity contribution in [2.24, 2.45) is 0 Å². The monoisotopic (exact) mass is 508 g/mol. The lowest BCUT2D eigenvalue weighted by Gasteiger charge is -2.33. The molecule has 0 aliphatic carbocycles. The number of nitrogens with one attached hydrogen (secondary N) is 3. The normalized spacial score (nSPS) is 17.4. The molecule has 1 aromatic carbocycles. The van der Waals surface area contributed by atoms with Gasteiger partial charge < -0.3 is 24.8 Å². The SMILES string of the molecule is CN1CCN(c2nccc3[nH]c(-c4n[nH]c5ccc(-c6cncc(OC7CCNCC7)c6)cc45)cc23)CC1. The highest BCUT2D eigenvalue weighted by molar-refractivity contribution is 6.00. The molecule has 2 saturated heterocycles. The van der Waals surface area contributed by atoms with Crippen molar-refractivity contribution in [3.05, 3.63) is 55.0 Å². The van der Waals surface area contributed by atoms with E-state index in [9.17, 15) is 0 Å². The average molecular weight is 509 g/mol. The van der Waals surface area contributed by atoms with E-state index in [0.717, 1.165) is 108 Å². The number of aromatic nitrogens is 5.